The molecule has 0 aromatic heterocycles. The van der Waals surface area contributed by atoms with E-state index in [0.717, 1.165) is 37.8 Å². The van der Waals surface area contributed by atoms with Gasteiger partial charge in [-0.3, -0.25) is 13.9 Å². The Morgan fingerprint density at radius 1 is 1.00 bits per heavy atom. The summed E-state index contributed by atoms with van der Waals surface area (Å²) in [6.45, 7) is 0.588. The lowest BCUT2D eigenvalue weighted by molar-refractivity contribution is -0.140. The fourth-order valence-electron chi connectivity index (χ4n) is 5.21. The number of amides is 2. The van der Waals surface area contributed by atoms with Gasteiger partial charge in [-0.05, 0) is 67.3 Å². The fraction of sp³-hybridized carbons (Fsp3) is 0.355. The van der Waals surface area contributed by atoms with Crippen LogP contribution < -0.4 is 9.62 Å². The lowest BCUT2D eigenvalue weighted by atomic mass is 10.1. The number of anilines is 1. The van der Waals surface area contributed by atoms with Crippen molar-refractivity contribution in [2.45, 2.75) is 68.7 Å². The maximum absolute atomic E-state index is 14.1. The number of alkyl halides is 3. The second-order valence-electron chi connectivity index (χ2n) is 10.5. The van der Waals surface area contributed by atoms with Crippen LogP contribution in [0, 0.1) is 5.82 Å². The molecule has 3 aromatic carbocycles. The highest BCUT2D eigenvalue weighted by molar-refractivity contribution is 7.92. The van der Waals surface area contributed by atoms with Gasteiger partial charge in [0.1, 0.15) is 18.4 Å². The second kappa shape index (κ2) is 14.0. The molecule has 7 nitrogen and oxygen atoms in total. The topological polar surface area (TPSA) is 86.8 Å². The molecule has 3 aromatic rings. The van der Waals surface area contributed by atoms with Crippen molar-refractivity contribution in [3.8, 4) is 0 Å². The van der Waals surface area contributed by atoms with Crippen molar-refractivity contribution < 1.29 is 35.6 Å². The Morgan fingerprint density at radius 2 is 1.64 bits per heavy atom. The van der Waals surface area contributed by atoms with Gasteiger partial charge in [0, 0.05) is 12.6 Å². The van der Waals surface area contributed by atoms with E-state index in [1.165, 1.54) is 53.4 Å². The predicted octanol–water partition coefficient (Wildman–Crippen LogP) is 6.56. The molecule has 0 radical (unpaired) electrons. The number of nitrogens with zero attached hydrogens (tertiary/aromatic N) is 2. The molecule has 1 fully saturated rings. The van der Waals surface area contributed by atoms with E-state index in [1.807, 2.05) is 0 Å². The van der Waals surface area contributed by atoms with Crippen molar-refractivity contribution in [1.82, 2.24) is 10.2 Å². The molecule has 1 N–H and O–H groups in total. The van der Waals surface area contributed by atoms with Crippen LogP contribution in [-0.2, 0) is 32.3 Å². The number of benzene rings is 3. The van der Waals surface area contributed by atoms with Crippen molar-refractivity contribution in [1.29, 1.82) is 0 Å². The Bertz CT molecular complexity index is 1560. The number of carbonyl (C=O) groups excluding carboxylic acids is 2. The molecule has 1 saturated carbocycles. The van der Waals surface area contributed by atoms with Crippen LogP contribution in [0.1, 0.15) is 50.2 Å². The molecule has 2 amide bonds. The summed E-state index contributed by atoms with van der Waals surface area (Å²) in [4.78, 5) is 28.5. The quantitative estimate of drug-likeness (QED) is 0.238. The molecule has 1 aliphatic rings. The summed E-state index contributed by atoms with van der Waals surface area (Å²) in [5.41, 5.74) is -1.25. The first kappa shape index (κ1) is 33.3. The Balaban J connectivity index is 1.77. The van der Waals surface area contributed by atoms with Crippen LogP contribution in [0.4, 0.5) is 23.2 Å². The van der Waals surface area contributed by atoms with Gasteiger partial charge in [0.25, 0.3) is 10.0 Å². The summed E-state index contributed by atoms with van der Waals surface area (Å²) in [7, 11) is -4.58. The summed E-state index contributed by atoms with van der Waals surface area (Å²) >= 11 is 5.81. The number of carbonyl (C=O) groups is 2. The number of halogens is 5. The standard InChI is InChI=1S/C31H32ClF4N3O4S/c1-2-28(30(41)37-23-8-6-7-9-23)38(19-21-12-14-22(33)15-13-21)29(40)20-39(44(42,43)25-10-4-3-5-11-25)24-16-17-27(32)26(18-24)31(34,35)36/h3-5,10-18,23,28H,2,6-9,19-20H2,1H3,(H,37,41)/t28-/m1/s1. The number of rotatable bonds is 11. The van der Waals surface area contributed by atoms with E-state index in [2.05, 4.69) is 5.32 Å². The Labute approximate surface area is 258 Å². The van der Waals surface area contributed by atoms with Crippen LogP contribution in [0.15, 0.2) is 77.7 Å². The van der Waals surface area contributed by atoms with Gasteiger partial charge in [0.2, 0.25) is 11.8 Å². The molecular weight excluding hydrogens is 622 g/mol. The maximum Gasteiger partial charge on any atom is 0.417 e. The van der Waals surface area contributed by atoms with Gasteiger partial charge < -0.3 is 10.2 Å². The Hall–Kier alpha value is -3.64. The molecule has 0 spiro atoms. The van der Waals surface area contributed by atoms with Crippen LogP contribution in [0.25, 0.3) is 0 Å². The number of nitrogens with one attached hydrogen (secondary N) is 1. The van der Waals surface area contributed by atoms with E-state index < -0.39 is 62.7 Å². The van der Waals surface area contributed by atoms with Crippen LogP contribution in [0.5, 0.6) is 0 Å². The van der Waals surface area contributed by atoms with Crippen molar-refractivity contribution in [2.24, 2.45) is 0 Å². The zero-order valence-electron chi connectivity index (χ0n) is 23.9. The van der Waals surface area contributed by atoms with Crippen LogP contribution in [0.2, 0.25) is 5.02 Å². The van der Waals surface area contributed by atoms with Gasteiger partial charge in [0.15, 0.2) is 0 Å². The molecule has 0 heterocycles. The first-order valence-electron chi connectivity index (χ1n) is 14.1. The number of hydrogen-bond acceptors (Lipinski definition) is 4. The van der Waals surface area contributed by atoms with Gasteiger partial charge in [-0.1, -0.05) is 61.7 Å². The SMILES string of the molecule is CC[C@H](C(=O)NC1CCCC1)N(Cc1ccc(F)cc1)C(=O)CN(c1ccc(Cl)c(C(F)(F)F)c1)S(=O)(=O)c1ccccc1. The largest absolute Gasteiger partial charge is 0.417 e. The summed E-state index contributed by atoms with van der Waals surface area (Å²) in [6.07, 6.45) is -1.26. The van der Waals surface area contributed by atoms with E-state index in [4.69, 9.17) is 11.6 Å². The van der Waals surface area contributed by atoms with E-state index in [0.29, 0.717) is 15.9 Å². The van der Waals surface area contributed by atoms with Gasteiger partial charge in [-0.2, -0.15) is 13.2 Å². The third kappa shape index (κ3) is 7.89. The number of sulfonamides is 1. The molecule has 4 rings (SSSR count). The van der Waals surface area contributed by atoms with Crippen molar-refractivity contribution in [3.05, 3.63) is 94.8 Å². The molecule has 44 heavy (non-hydrogen) atoms. The molecule has 1 atom stereocenters. The lowest BCUT2D eigenvalue weighted by Crippen LogP contribution is -2.53. The molecule has 0 unspecified atom stereocenters. The van der Waals surface area contributed by atoms with Crippen LogP contribution >= 0.6 is 11.6 Å². The molecule has 13 heteroatoms. The van der Waals surface area contributed by atoms with Gasteiger partial charge in [-0.15, -0.1) is 0 Å². The molecule has 0 bridgehead atoms. The average Bonchev–Trinajstić information content (AvgIpc) is 3.50. The van der Waals surface area contributed by atoms with Crippen molar-refractivity contribution >= 4 is 39.1 Å². The lowest BCUT2D eigenvalue weighted by Gasteiger charge is -2.34. The third-order valence-corrected chi connectivity index (χ3v) is 9.62. The minimum atomic E-state index is -4.90. The van der Waals surface area contributed by atoms with Gasteiger partial charge in [-0.25, -0.2) is 12.8 Å². The minimum Gasteiger partial charge on any atom is -0.352 e. The molecule has 0 aliphatic heterocycles. The van der Waals surface area contributed by atoms with Crippen molar-refractivity contribution in [3.63, 3.8) is 0 Å². The van der Waals surface area contributed by atoms with E-state index in [-0.39, 0.29) is 23.9 Å². The first-order chi connectivity index (χ1) is 20.8. The normalized spacial score (nSPS) is 14.7. The summed E-state index contributed by atoms with van der Waals surface area (Å²) in [5.74, 6) is -1.79. The van der Waals surface area contributed by atoms with Crippen LogP contribution in [-0.4, -0.2) is 43.8 Å². The minimum absolute atomic E-state index is 0.0656. The van der Waals surface area contributed by atoms with E-state index in [9.17, 15) is 35.6 Å². The summed E-state index contributed by atoms with van der Waals surface area (Å²) in [5, 5.41) is 2.33. The summed E-state index contributed by atoms with van der Waals surface area (Å²) < 4.78 is 83.3. The highest BCUT2D eigenvalue weighted by atomic mass is 35.5. The fourth-order valence-corrected chi connectivity index (χ4v) is 6.86. The zero-order chi connectivity index (χ0) is 32.1. The number of hydrogen-bond donors (Lipinski definition) is 1. The maximum atomic E-state index is 14.1. The van der Waals surface area contributed by atoms with Gasteiger partial charge >= 0.3 is 6.18 Å². The van der Waals surface area contributed by atoms with Crippen LogP contribution in [0.3, 0.4) is 0 Å². The Kier molecular flexibility index (Phi) is 10.6. The monoisotopic (exact) mass is 653 g/mol. The Morgan fingerprint density at radius 3 is 2.23 bits per heavy atom. The smallest absolute Gasteiger partial charge is 0.352 e. The zero-order valence-corrected chi connectivity index (χ0v) is 25.4. The summed E-state index contributed by atoms with van der Waals surface area (Å²) in [6, 6.07) is 13.7. The molecular formula is C31H32ClF4N3O4S. The highest BCUT2D eigenvalue weighted by Crippen LogP contribution is 2.38. The first-order valence-corrected chi connectivity index (χ1v) is 15.9. The average molecular weight is 654 g/mol. The van der Waals surface area contributed by atoms with E-state index >= 15 is 0 Å². The van der Waals surface area contributed by atoms with Crippen molar-refractivity contribution in [2.75, 3.05) is 10.8 Å². The molecule has 0 saturated heterocycles. The van der Waals surface area contributed by atoms with E-state index in [1.54, 1.807) is 13.0 Å². The highest BCUT2D eigenvalue weighted by Gasteiger charge is 2.37. The predicted molar refractivity (Wildman–Crippen MR) is 159 cm³/mol. The molecule has 1 aliphatic carbocycles. The third-order valence-electron chi connectivity index (χ3n) is 7.51. The van der Waals surface area contributed by atoms with Gasteiger partial charge in [0.05, 0.1) is 21.2 Å². The molecule has 236 valence electrons. The second-order valence-corrected chi connectivity index (χ2v) is 12.8.